The molecular weight excluding hydrogens is 144 g/mol. The molecule has 0 N–H and O–H groups in total. The Labute approximate surface area is 68.5 Å². The van der Waals surface area contributed by atoms with E-state index >= 15 is 0 Å². The maximum Gasteiger partial charge on any atom is 0.0473 e. The Morgan fingerprint density at radius 3 is 2.60 bits per heavy atom. The molecule has 0 rings (SSSR count). The molecule has 0 aromatic carbocycles. The van der Waals surface area contributed by atoms with E-state index in [1.165, 1.54) is 24.3 Å². The van der Waals surface area contributed by atoms with Gasteiger partial charge in [-0.15, -0.1) is 0 Å². The normalized spacial score (nSPS) is 10.2. The van der Waals surface area contributed by atoms with Gasteiger partial charge in [-0.25, -0.2) is 0 Å². The first-order valence-electron chi connectivity index (χ1n) is 4.07. The molecule has 0 aliphatic rings. The molecule has 1 nitrogen and oxygen atoms in total. The van der Waals surface area contributed by atoms with Gasteiger partial charge < -0.3 is 4.74 Å². The van der Waals surface area contributed by atoms with Crippen LogP contribution in [0, 0.1) is 0 Å². The van der Waals surface area contributed by atoms with Crippen molar-refractivity contribution in [2.24, 2.45) is 0 Å². The third kappa shape index (κ3) is 8.31. The summed E-state index contributed by atoms with van der Waals surface area (Å²) in [5.74, 6) is 2.56. The van der Waals surface area contributed by atoms with Gasteiger partial charge in [-0.3, -0.25) is 0 Å². The summed E-state index contributed by atoms with van der Waals surface area (Å²) in [5.41, 5.74) is 0. The fraction of sp³-hybridized carbons (Fsp3) is 1.00. The summed E-state index contributed by atoms with van der Waals surface area (Å²) < 4.78 is 5.20. The van der Waals surface area contributed by atoms with Crippen molar-refractivity contribution in [2.45, 2.75) is 26.7 Å². The molecule has 2 heteroatoms. The van der Waals surface area contributed by atoms with Crippen LogP contribution in [-0.4, -0.2) is 24.7 Å². The van der Waals surface area contributed by atoms with E-state index in [9.17, 15) is 0 Å². The van der Waals surface area contributed by atoms with Crippen LogP contribution in [0.15, 0.2) is 0 Å². The highest BCUT2D eigenvalue weighted by molar-refractivity contribution is 7.99. The van der Waals surface area contributed by atoms with E-state index in [0.717, 1.165) is 13.2 Å². The molecule has 0 aromatic heterocycles. The third-order valence-electron chi connectivity index (χ3n) is 1.13. The molecule has 0 unspecified atom stereocenters. The summed E-state index contributed by atoms with van der Waals surface area (Å²) in [4.78, 5) is 0. The standard InChI is InChI=1S/C8H18OS/c1-3-7-10-8-5-6-9-4-2/h3-8H2,1-2H3. The first-order valence-corrected chi connectivity index (χ1v) is 5.22. The van der Waals surface area contributed by atoms with Gasteiger partial charge in [-0.2, -0.15) is 11.8 Å². The van der Waals surface area contributed by atoms with Crippen molar-refractivity contribution in [3.8, 4) is 0 Å². The lowest BCUT2D eigenvalue weighted by molar-refractivity contribution is 0.149. The molecule has 0 radical (unpaired) electrons. The minimum absolute atomic E-state index is 0.860. The van der Waals surface area contributed by atoms with E-state index in [4.69, 9.17) is 4.74 Å². The van der Waals surface area contributed by atoms with Crippen LogP contribution in [0.25, 0.3) is 0 Å². The lowest BCUT2D eigenvalue weighted by atomic mass is 10.5. The van der Waals surface area contributed by atoms with Gasteiger partial charge in [0.1, 0.15) is 0 Å². The quantitative estimate of drug-likeness (QED) is 0.532. The highest BCUT2D eigenvalue weighted by atomic mass is 32.2. The Morgan fingerprint density at radius 2 is 2.00 bits per heavy atom. The minimum atomic E-state index is 0.860. The van der Waals surface area contributed by atoms with Crippen molar-refractivity contribution in [2.75, 3.05) is 24.7 Å². The second-order valence-corrected chi connectivity index (χ2v) is 3.39. The molecule has 0 fully saturated rings. The van der Waals surface area contributed by atoms with Crippen LogP contribution in [0.2, 0.25) is 0 Å². The molecule has 0 amide bonds. The average molecular weight is 162 g/mol. The summed E-state index contributed by atoms with van der Waals surface area (Å²) >= 11 is 2.02. The largest absolute Gasteiger partial charge is 0.382 e. The fourth-order valence-electron chi connectivity index (χ4n) is 0.654. The second-order valence-electron chi connectivity index (χ2n) is 2.16. The molecule has 0 bridgehead atoms. The zero-order valence-corrected chi connectivity index (χ0v) is 7.88. The van der Waals surface area contributed by atoms with Crippen LogP contribution in [0.5, 0.6) is 0 Å². The van der Waals surface area contributed by atoms with Crippen molar-refractivity contribution in [1.82, 2.24) is 0 Å². The van der Waals surface area contributed by atoms with Crippen LogP contribution in [-0.2, 0) is 4.74 Å². The Bertz CT molecular complexity index is 49.2. The van der Waals surface area contributed by atoms with Crippen LogP contribution in [0.4, 0.5) is 0 Å². The van der Waals surface area contributed by atoms with Gasteiger partial charge in [-0.1, -0.05) is 6.92 Å². The van der Waals surface area contributed by atoms with Crippen molar-refractivity contribution >= 4 is 11.8 Å². The lowest BCUT2D eigenvalue weighted by Gasteiger charge is -1.99. The lowest BCUT2D eigenvalue weighted by Crippen LogP contribution is -1.94. The van der Waals surface area contributed by atoms with Gasteiger partial charge in [0.05, 0.1) is 0 Å². The molecule has 10 heavy (non-hydrogen) atoms. The molecule has 0 saturated heterocycles. The highest BCUT2D eigenvalue weighted by Gasteiger charge is 1.87. The number of thioether (sulfide) groups is 1. The topological polar surface area (TPSA) is 9.23 Å². The van der Waals surface area contributed by atoms with Crippen molar-refractivity contribution < 1.29 is 4.74 Å². The van der Waals surface area contributed by atoms with Gasteiger partial charge in [0, 0.05) is 13.2 Å². The predicted molar refractivity (Wildman–Crippen MR) is 48.7 cm³/mol. The Balaban J connectivity index is 2.65. The van der Waals surface area contributed by atoms with E-state index in [1.807, 2.05) is 18.7 Å². The number of rotatable bonds is 7. The van der Waals surface area contributed by atoms with Crippen LogP contribution >= 0.6 is 11.8 Å². The predicted octanol–water partition coefficient (Wildman–Crippen LogP) is 2.56. The number of ether oxygens (including phenoxy) is 1. The number of hydrogen-bond acceptors (Lipinski definition) is 2. The Morgan fingerprint density at radius 1 is 1.20 bits per heavy atom. The van der Waals surface area contributed by atoms with E-state index < -0.39 is 0 Å². The highest BCUT2D eigenvalue weighted by Crippen LogP contribution is 2.03. The zero-order valence-electron chi connectivity index (χ0n) is 7.06. The van der Waals surface area contributed by atoms with Crippen LogP contribution in [0.3, 0.4) is 0 Å². The SMILES string of the molecule is CCCSCCCOCC. The molecule has 0 aliphatic heterocycles. The minimum Gasteiger partial charge on any atom is -0.382 e. The van der Waals surface area contributed by atoms with E-state index in [-0.39, 0.29) is 0 Å². The molecule has 62 valence electrons. The Kier molecular flexibility index (Phi) is 9.60. The van der Waals surface area contributed by atoms with Gasteiger partial charge in [0.25, 0.3) is 0 Å². The van der Waals surface area contributed by atoms with Gasteiger partial charge >= 0.3 is 0 Å². The summed E-state index contributed by atoms with van der Waals surface area (Å²) in [6, 6.07) is 0. The average Bonchev–Trinajstić information content (AvgIpc) is 1.97. The maximum absolute atomic E-state index is 5.20. The van der Waals surface area contributed by atoms with Crippen LogP contribution < -0.4 is 0 Å². The second kappa shape index (κ2) is 9.31. The molecule has 0 saturated carbocycles. The van der Waals surface area contributed by atoms with E-state index in [1.54, 1.807) is 0 Å². The Hall–Kier alpha value is 0.310. The summed E-state index contributed by atoms with van der Waals surface area (Å²) in [6.45, 7) is 6.06. The number of hydrogen-bond donors (Lipinski definition) is 0. The van der Waals surface area contributed by atoms with Crippen molar-refractivity contribution in [3.63, 3.8) is 0 Å². The summed E-state index contributed by atoms with van der Waals surface area (Å²) in [6.07, 6.45) is 2.50. The fourth-order valence-corrected chi connectivity index (χ4v) is 1.47. The molecule has 0 spiro atoms. The first-order chi connectivity index (χ1) is 4.91. The van der Waals surface area contributed by atoms with E-state index in [2.05, 4.69) is 6.92 Å². The van der Waals surface area contributed by atoms with Crippen LogP contribution in [0.1, 0.15) is 26.7 Å². The molecule has 0 heterocycles. The van der Waals surface area contributed by atoms with Gasteiger partial charge in [0.15, 0.2) is 0 Å². The van der Waals surface area contributed by atoms with E-state index in [0.29, 0.717) is 0 Å². The maximum atomic E-state index is 5.20. The summed E-state index contributed by atoms with van der Waals surface area (Å²) in [5, 5.41) is 0. The van der Waals surface area contributed by atoms with Gasteiger partial charge in [-0.05, 0) is 31.3 Å². The van der Waals surface area contributed by atoms with Crippen molar-refractivity contribution in [1.29, 1.82) is 0 Å². The zero-order chi connectivity index (χ0) is 7.66. The first kappa shape index (κ1) is 10.3. The molecule has 0 aromatic rings. The molecule has 0 aliphatic carbocycles. The van der Waals surface area contributed by atoms with Gasteiger partial charge in [0.2, 0.25) is 0 Å². The molecular formula is C8H18OS. The van der Waals surface area contributed by atoms with Crippen molar-refractivity contribution in [3.05, 3.63) is 0 Å². The smallest absolute Gasteiger partial charge is 0.0473 e. The monoisotopic (exact) mass is 162 g/mol. The third-order valence-corrected chi connectivity index (χ3v) is 2.40. The molecule has 0 atom stereocenters. The summed E-state index contributed by atoms with van der Waals surface area (Å²) in [7, 11) is 0.